The van der Waals surface area contributed by atoms with Crippen LogP contribution in [0, 0.1) is 0 Å². The Hall–Kier alpha value is -2.47. The molecule has 0 aliphatic heterocycles. The number of carbonyl (C=O) groups excluding carboxylic acids is 3. The van der Waals surface area contributed by atoms with Gasteiger partial charge in [-0.2, -0.15) is 30.6 Å². The van der Waals surface area contributed by atoms with Gasteiger partial charge < -0.3 is 20.7 Å². The van der Waals surface area contributed by atoms with Crippen molar-refractivity contribution in [1.82, 2.24) is 59.8 Å². The summed E-state index contributed by atoms with van der Waals surface area (Å²) >= 11 is 50.3. The van der Waals surface area contributed by atoms with Gasteiger partial charge in [-0.3, -0.25) is 49.1 Å². The number of carboxylic acids is 3. The van der Waals surface area contributed by atoms with Crippen LogP contribution >= 0.6 is 153 Å². The summed E-state index contributed by atoms with van der Waals surface area (Å²) in [4.78, 5) is 58.4. The van der Waals surface area contributed by atoms with Crippen LogP contribution < -0.4 is 16.7 Å². The summed E-state index contributed by atoms with van der Waals surface area (Å²) in [5.41, 5.74) is 3.75. The van der Waals surface area contributed by atoms with Gasteiger partial charge in [0.25, 0.3) is 19.3 Å². The predicted octanol–water partition coefficient (Wildman–Crippen LogP) is 12.4. The number of carbonyl (C=O) groups is 6. The average molecular weight is 1710 g/mol. The average Bonchev–Trinajstić information content (AvgIpc) is 4.18. The van der Waals surface area contributed by atoms with Gasteiger partial charge in [0, 0.05) is 73.3 Å². The van der Waals surface area contributed by atoms with E-state index in [1.807, 2.05) is 0 Å². The predicted molar refractivity (Wildman–Crippen MR) is 324 cm³/mol. The van der Waals surface area contributed by atoms with E-state index in [-0.39, 0.29) is 42.4 Å². The summed E-state index contributed by atoms with van der Waals surface area (Å²) in [5, 5.41) is 47.0. The van der Waals surface area contributed by atoms with Gasteiger partial charge in [-0.1, -0.05) is 108 Å². The van der Waals surface area contributed by atoms with Gasteiger partial charge in [0.15, 0.2) is 32.9 Å². The molecule has 7 N–H and O–H groups in total. The van der Waals surface area contributed by atoms with E-state index in [0.29, 0.717) is 29.5 Å². The number of aldehydes is 2. The molecule has 464 valence electrons. The van der Waals surface area contributed by atoms with Gasteiger partial charge in [-0.05, 0) is 20.9 Å². The number of hydrazine groups is 1. The van der Waals surface area contributed by atoms with Crippen LogP contribution in [0.1, 0.15) is 138 Å². The summed E-state index contributed by atoms with van der Waals surface area (Å²) in [6, 6.07) is 0. The second kappa shape index (κ2) is 48.7. The Morgan fingerprint density at radius 2 is 0.790 bits per heavy atom. The summed E-state index contributed by atoms with van der Waals surface area (Å²) in [6.07, 6.45) is -1.06. The molecule has 0 bridgehead atoms. The Kier molecular flexibility index (Phi) is 54.0. The Balaban J connectivity index is -0.000000199. The summed E-state index contributed by atoms with van der Waals surface area (Å²) in [7, 11) is 10.9. The monoisotopic (exact) mass is 1700 g/mol. The number of halogens is 17. The van der Waals surface area contributed by atoms with Crippen molar-refractivity contribution >= 4 is 195 Å². The van der Waals surface area contributed by atoms with E-state index in [1.54, 1.807) is 41.3 Å². The number of hydrogen-bond donors (Lipinski definition) is 6. The number of alkyl halides is 14. The summed E-state index contributed by atoms with van der Waals surface area (Å²) in [6.45, 7) is 3.09. The number of rotatable bonds is 13. The van der Waals surface area contributed by atoms with Gasteiger partial charge in [-0.25, -0.2) is 40.7 Å². The number of nitrogens with one attached hydrogen (secondary N) is 2. The van der Waals surface area contributed by atoms with E-state index in [1.165, 1.54) is 54.5 Å². The molecule has 81 heavy (non-hydrogen) atoms. The normalized spacial score (nSPS) is 10.2. The van der Waals surface area contributed by atoms with E-state index >= 15 is 0 Å². The molecule has 0 saturated carbocycles. The number of Topliss-reactive ketones (excluding diaryl/α,β-unsaturated/α-hetero) is 1. The van der Waals surface area contributed by atoms with Crippen LogP contribution in [0.2, 0.25) is 0 Å². The molecule has 5 aromatic heterocycles. The van der Waals surface area contributed by atoms with Crippen molar-refractivity contribution in [2.24, 2.45) is 46.2 Å². The zero-order valence-corrected chi connectivity index (χ0v) is 55.7. The molecule has 5 heterocycles. The molecule has 0 aromatic carbocycles. The van der Waals surface area contributed by atoms with E-state index in [9.17, 15) is 55.1 Å². The fourth-order valence-corrected chi connectivity index (χ4v) is 5.05. The number of aromatic nitrogens is 10. The molecule has 0 saturated heterocycles. The van der Waals surface area contributed by atoms with Gasteiger partial charge in [0.05, 0.1) is 16.8 Å². The zero-order valence-electron chi connectivity index (χ0n) is 41.7. The fraction of sp³-hybridized carbons (Fsp3) is 0.450. The minimum absolute atomic E-state index is 0. The standard InChI is InChI=1S/C6H6Cl2N2O2.C6H6Cl2N2O.2C6H6F2N2O2.C6H6F2N2O.C4H8Cl2N2.C3H4Cl2O.CH6N2.2CH4.3HI.V/c1-10-2-3(6(11)12)4(9-10)5(7)8;1-10-2-4(3-11)5(9-10)6(7)8;2*1-10-2-3(6(11)12)4(9-10)5(7)8;1-10-2-4(3-11)5(9-10)6(7)8;1-3(4(5)6)8-7-2;1-2(6)3(4)5;1-3-2;;;;;;/h2,5H,1H3,(H,11,12);2-3,6H,1H3;2*2,5H,1H3,(H,11,12);2-3,6H,1H3;4,7H,1-2H3;3H,1H3;3H,2H2,1H3;2*1H4;3*1H;/q;;;;;;;;;;;;;+3/p-3. The molecule has 0 radical (unpaired) electrons. The molecular formula is C40H56Cl8F6I3N14O9V. The molecule has 5 aromatic rings. The number of nitrogens with zero attached hydrogens (tertiary/aromatic N) is 11. The van der Waals surface area contributed by atoms with Crippen molar-refractivity contribution in [3.8, 4) is 0 Å². The van der Waals surface area contributed by atoms with Crippen molar-refractivity contribution in [3.63, 3.8) is 0 Å². The third-order valence-corrected chi connectivity index (χ3v) is 9.31. The number of nitrogens with two attached hydrogens (primary N) is 1. The Bertz CT molecular complexity index is 2450. The van der Waals surface area contributed by atoms with Crippen LogP contribution in [0.4, 0.5) is 26.3 Å². The first kappa shape index (κ1) is 89.7. The third-order valence-electron chi connectivity index (χ3n) is 7.24. The molecule has 0 atom stereocenters. The topological polar surface area (TPSA) is 315 Å². The molecule has 0 spiro atoms. The maximum absolute atomic E-state index is 12.1. The second-order valence-electron chi connectivity index (χ2n) is 13.4. The number of aromatic carboxylic acids is 3. The Labute approximate surface area is 539 Å². The van der Waals surface area contributed by atoms with Crippen LogP contribution in [0.25, 0.3) is 0 Å². The second-order valence-corrected chi connectivity index (χ2v) is 53.2. The third kappa shape index (κ3) is 40.5. The maximum atomic E-state index is 12.1. The van der Waals surface area contributed by atoms with E-state index < -0.39 is 84.7 Å². The van der Waals surface area contributed by atoms with Gasteiger partial charge in [0.2, 0.25) is 0 Å². The van der Waals surface area contributed by atoms with E-state index in [4.69, 9.17) is 108 Å². The molecule has 41 heteroatoms. The van der Waals surface area contributed by atoms with Crippen molar-refractivity contribution < 1.29 is 75.3 Å². The van der Waals surface area contributed by atoms with Crippen LogP contribution in [0.5, 0.6) is 0 Å². The SMILES string of the molecule is C.C.CC(=O)C(Cl)Cl.CNN.CNN=C(C)C(Cl)Cl.Cn1cc(C(=O)O)c(C(Cl)Cl)n1.Cn1cc(C(=O)O)c(C(F)F)n1.Cn1cc(C(=O)O)c(C(F)F)n1.Cn1cc(C=O)c(C(Cl)Cl)n1.Cn1cc(C=O)c(C(F)F)n1.[I][V]([I])[I]. The van der Waals surface area contributed by atoms with Crippen molar-refractivity contribution in [2.75, 3.05) is 14.1 Å². The fourth-order valence-electron chi connectivity index (χ4n) is 4.29. The molecular weight excluding hydrogens is 1650 g/mol. The minimum atomic E-state index is -2.85. The number of hydrazone groups is 1. The first-order valence-corrected chi connectivity index (χ1v) is 37.0. The summed E-state index contributed by atoms with van der Waals surface area (Å²) in [5.74, 6) is 0.527. The first-order valence-electron chi connectivity index (χ1n) is 19.9. The molecule has 23 nitrogen and oxygen atoms in total. The number of ketones is 1. The first-order chi connectivity index (χ1) is 36.3. The van der Waals surface area contributed by atoms with Crippen molar-refractivity contribution in [1.29, 1.82) is 0 Å². The molecule has 0 aliphatic rings. The number of hydrogen-bond acceptors (Lipinski definition) is 15. The van der Waals surface area contributed by atoms with Gasteiger partial charge in [0.1, 0.15) is 50.0 Å². The van der Waals surface area contributed by atoms with Gasteiger partial charge in [-0.15, -0.1) is 0 Å². The van der Waals surface area contributed by atoms with E-state index in [0.717, 1.165) is 21.8 Å². The molecule has 0 fully saturated rings. The van der Waals surface area contributed by atoms with Crippen molar-refractivity contribution in [3.05, 3.63) is 87.3 Å². The summed E-state index contributed by atoms with van der Waals surface area (Å²) < 4.78 is 78.4. The van der Waals surface area contributed by atoms with Crippen LogP contribution in [-0.4, -0.2) is 130 Å². The van der Waals surface area contributed by atoms with Crippen LogP contribution in [0.15, 0.2) is 36.1 Å². The number of carboxylic acid groups (broad SMARTS) is 3. The molecule has 0 aliphatic carbocycles. The number of aryl methyl sites for hydroxylation is 5. The van der Waals surface area contributed by atoms with Gasteiger partial charge >= 0.3 is 82.8 Å². The van der Waals surface area contributed by atoms with Crippen LogP contribution in [0.3, 0.4) is 0 Å². The van der Waals surface area contributed by atoms with Crippen LogP contribution in [-0.2, 0) is 45.0 Å². The quantitative estimate of drug-likeness (QED) is 0.0121. The Morgan fingerprint density at radius 1 is 0.556 bits per heavy atom. The zero-order chi connectivity index (χ0) is 62.8. The molecule has 0 unspecified atom stereocenters. The van der Waals surface area contributed by atoms with E-state index in [2.05, 4.69) is 107 Å². The van der Waals surface area contributed by atoms with Crippen molar-refractivity contribution in [2.45, 2.75) is 67.3 Å². The molecule has 5 rings (SSSR count). The Morgan fingerprint density at radius 3 is 0.951 bits per heavy atom. The molecule has 0 amide bonds.